The molecule has 0 unspecified atom stereocenters. The van der Waals surface area contributed by atoms with Crippen molar-refractivity contribution in [3.05, 3.63) is 67.6 Å². The molecule has 4 aromatic rings. The van der Waals surface area contributed by atoms with Gasteiger partial charge in [-0.3, -0.25) is 4.79 Å². The Bertz CT molecular complexity index is 1290. The smallest absolute Gasteiger partial charge is 0.246 e. The molecule has 0 bridgehead atoms. The van der Waals surface area contributed by atoms with E-state index in [2.05, 4.69) is 21.5 Å². The summed E-state index contributed by atoms with van der Waals surface area (Å²) in [5, 5.41) is 5.49. The van der Waals surface area contributed by atoms with E-state index in [1.165, 1.54) is 12.4 Å². The van der Waals surface area contributed by atoms with Crippen molar-refractivity contribution in [2.24, 2.45) is 0 Å². The van der Waals surface area contributed by atoms with Crippen molar-refractivity contribution in [1.82, 2.24) is 29.6 Å². The number of carbonyl (C=O) groups excluding carboxylic acids is 1. The summed E-state index contributed by atoms with van der Waals surface area (Å²) in [4.78, 5) is 26.8. The highest BCUT2D eigenvalue weighted by atomic mass is 16.5. The summed E-state index contributed by atoms with van der Waals surface area (Å²) < 4.78 is 7.62. The lowest BCUT2D eigenvalue weighted by Gasteiger charge is -2.14. The van der Waals surface area contributed by atoms with E-state index < -0.39 is 0 Å². The predicted molar refractivity (Wildman–Crippen MR) is 120 cm³/mol. The predicted octanol–water partition coefficient (Wildman–Crippen LogP) is 3.22. The molecule has 0 saturated carbocycles. The molecule has 1 aliphatic heterocycles. The van der Waals surface area contributed by atoms with Crippen LogP contribution in [0.4, 0.5) is 5.82 Å². The number of hydrogen-bond donors (Lipinski definition) is 1. The fraction of sp³-hybridized carbons (Fsp3) is 0.174. The number of hydrogen-bond acceptors (Lipinski definition) is 7. The number of aromatic nitrogens is 5. The molecule has 5 rings (SSSR count). The van der Waals surface area contributed by atoms with Crippen molar-refractivity contribution in [3.63, 3.8) is 0 Å². The van der Waals surface area contributed by atoms with Crippen molar-refractivity contribution >= 4 is 22.8 Å². The number of carbonyl (C=O) groups is 1. The zero-order valence-corrected chi connectivity index (χ0v) is 17.3. The van der Waals surface area contributed by atoms with Crippen LogP contribution >= 0.6 is 0 Å². The van der Waals surface area contributed by atoms with Crippen LogP contribution in [0, 0.1) is 0 Å². The highest BCUT2D eigenvalue weighted by Gasteiger charge is 2.30. The Kier molecular flexibility index (Phi) is 4.98. The molecule has 1 saturated heterocycles. The van der Waals surface area contributed by atoms with Gasteiger partial charge in [0, 0.05) is 30.9 Å². The third kappa shape index (κ3) is 3.53. The molecule has 1 aromatic carbocycles. The number of ether oxygens (including phenoxy) is 1. The first-order chi connectivity index (χ1) is 15.6. The van der Waals surface area contributed by atoms with Crippen LogP contribution in [0.25, 0.3) is 22.3 Å². The van der Waals surface area contributed by atoms with E-state index in [0.717, 1.165) is 12.0 Å². The maximum atomic E-state index is 12.0. The summed E-state index contributed by atoms with van der Waals surface area (Å²) in [5.74, 6) is 1.44. The summed E-state index contributed by atoms with van der Waals surface area (Å²) in [6.45, 7) is 4.75. The number of para-hydroxylation sites is 1. The Hall–Kier alpha value is -4.27. The molecule has 0 aliphatic carbocycles. The second-order valence-electron chi connectivity index (χ2n) is 7.48. The summed E-state index contributed by atoms with van der Waals surface area (Å²) in [7, 11) is 0. The molecule has 9 nitrogen and oxygen atoms in total. The lowest BCUT2D eigenvalue weighted by Crippen LogP contribution is -2.27. The third-order valence-corrected chi connectivity index (χ3v) is 5.49. The Morgan fingerprint density at radius 3 is 2.75 bits per heavy atom. The van der Waals surface area contributed by atoms with Gasteiger partial charge in [-0.2, -0.15) is 5.10 Å². The minimum atomic E-state index is -0.0865. The number of benzene rings is 1. The lowest BCUT2D eigenvalue weighted by molar-refractivity contribution is -0.125. The van der Waals surface area contributed by atoms with E-state index in [9.17, 15) is 4.79 Å². The third-order valence-electron chi connectivity index (χ3n) is 5.49. The zero-order valence-electron chi connectivity index (χ0n) is 17.3. The molecule has 32 heavy (non-hydrogen) atoms. The Morgan fingerprint density at radius 2 is 2.00 bits per heavy atom. The number of rotatable bonds is 5. The average Bonchev–Trinajstić information content (AvgIpc) is 3.46. The Labute approximate surface area is 184 Å². The summed E-state index contributed by atoms with van der Waals surface area (Å²) >= 11 is 0. The zero-order chi connectivity index (χ0) is 22.1. The summed E-state index contributed by atoms with van der Waals surface area (Å²) in [6, 6.07) is 13.1. The number of amides is 1. The maximum Gasteiger partial charge on any atom is 0.246 e. The van der Waals surface area contributed by atoms with E-state index in [1.54, 1.807) is 17.2 Å². The van der Waals surface area contributed by atoms with Crippen LogP contribution in [-0.4, -0.2) is 48.6 Å². The van der Waals surface area contributed by atoms with Crippen LogP contribution in [0.2, 0.25) is 0 Å². The van der Waals surface area contributed by atoms with Gasteiger partial charge in [0.1, 0.15) is 23.6 Å². The maximum absolute atomic E-state index is 12.0. The van der Waals surface area contributed by atoms with Gasteiger partial charge in [-0.25, -0.2) is 19.6 Å². The number of nitrogens with zero attached hydrogens (tertiary/aromatic N) is 6. The van der Waals surface area contributed by atoms with Gasteiger partial charge in [0.2, 0.25) is 11.8 Å². The first kappa shape index (κ1) is 19.7. The fourth-order valence-electron chi connectivity index (χ4n) is 3.91. The van der Waals surface area contributed by atoms with Gasteiger partial charge in [-0.15, -0.1) is 0 Å². The van der Waals surface area contributed by atoms with Crippen LogP contribution in [-0.2, 0) is 4.79 Å². The molecule has 2 N–H and O–H groups in total. The molecular weight excluding hydrogens is 406 g/mol. The molecule has 1 fully saturated rings. The van der Waals surface area contributed by atoms with E-state index in [1.807, 2.05) is 41.1 Å². The molecule has 1 aliphatic rings. The number of nitrogens with two attached hydrogens (primary N) is 1. The summed E-state index contributed by atoms with van der Waals surface area (Å²) in [5.41, 5.74) is 8.26. The Balaban J connectivity index is 1.49. The molecular formula is C23H21N7O2. The topological polar surface area (TPSA) is 112 Å². The highest BCUT2D eigenvalue weighted by Crippen LogP contribution is 2.34. The van der Waals surface area contributed by atoms with Gasteiger partial charge in [-0.05, 0) is 30.7 Å². The quantitative estimate of drug-likeness (QED) is 0.487. The first-order valence-electron chi connectivity index (χ1n) is 10.2. The molecule has 1 amide bonds. The average molecular weight is 427 g/mol. The van der Waals surface area contributed by atoms with Gasteiger partial charge in [-0.1, -0.05) is 24.8 Å². The largest absolute Gasteiger partial charge is 0.439 e. The van der Waals surface area contributed by atoms with Gasteiger partial charge in [0.25, 0.3) is 0 Å². The minimum absolute atomic E-state index is 0.0157. The number of anilines is 1. The van der Waals surface area contributed by atoms with Crippen LogP contribution in [0.3, 0.4) is 0 Å². The molecule has 3 aromatic heterocycles. The number of fused-ring (bicyclic) bond motifs is 1. The van der Waals surface area contributed by atoms with Crippen LogP contribution in [0.5, 0.6) is 11.6 Å². The highest BCUT2D eigenvalue weighted by molar-refractivity contribution is 5.98. The SMILES string of the molecule is C=CC(=O)N1CC[C@H](n2nc(-c3ccc(Oc4ccccc4)nc3)c3c(N)ncnc32)C1. The summed E-state index contributed by atoms with van der Waals surface area (Å²) in [6.07, 6.45) is 5.22. The molecule has 4 heterocycles. The van der Waals surface area contributed by atoms with Gasteiger partial charge >= 0.3 is 0 Å². The second-order valence-corrected chi connectivity index (χ2v) is 7.48. The molecule has 9 heteroatoms. The molecule has 0 spiro atoms. The van der Waals surface area contributed by atoms with E-state index in [0.29, 0.717) is 47.3 Å². The van der Waals surface area contributed by atoms with Crippen molar-refractivity contribution in [2.75, 3.05) is 18.8 Å². The van der Waals surface area contributed by atoms with Gasteiger partial charge in [0.05, 0.1) is 11.4 Å². The van der Waals surface area contributed by atoms with Gasteiger partial charge < -0.3 is 15.4 Å². The van der Waals surface area contributed by atoms with E-state index >= 15 is 0 Å². The van der Waals surface area contributed by atoms with Crippen molar-refractivity contribution in [2.45, 2.75) is 12.5 Å². The number of nitrogen functional groups attached to an aromatic ring is 1. The minimum Gasteiger partial charge on any atom is -0.439 e. The lowest BCUT2D eigenvalue weighted by atomic mass is 10.1. The van der Waals surface area contributed by atoms with Crippen LogP contribution in [0.15, 0.2) is 67.6 Å². The fourth-order valence-corrected chi connectivity index (χ4v) is 3.91. The standard InChI is InChI=1S/C23H21N7O2/c1-2-19(31)29-11-10-16(13-29)30-23-20(22(24)26-14-27-23)21(28-30)15-8-9-18(25-12-15)32-17-6-4-3-5-7-17/h2-9,12,14,16H,1,10-11,13H2,(H2,24,26,27)/t16-/m0/s1. The van der Waals surface area contributed by atoms with Crippen molar-refractivity contribution < 1.29 is 9.53 Å². The second kappa shape index (κ2) is 8.10. The van der Waals surface area contributed by atoms with Crippen LogP contribution in [0.1, 0.15) is 12.5 Å². The molecule has 1 atom stereocenters. The molecule has 160 valence electrons. The monoisotopic (exact) mass is 427 g/mol. The van der Waals surface area contributed by atoms with Crippen LogP contribution < -0.4 is 10.5 Å². The van der Waals surface area contributed by atoms with E-state index in [-0.39, 0.29) is 11.9 Å². The van der Waals surface area contributed by atoms with E-state index in [4.69, 9.17) is 15.6 Å². The number of likely N-dealkylation sites (tertiary alicyclic amines) is 1. The van der Waals surface area contributed by atoms with Crippen molar-refractivity contribution in [1.29, 1.82) is 0 Å². The Morgan fingerprint density at radius 1 is 1.16 bits per heavy atom. The van der Waals surface area contributed by atoms with Gasteiger partial charge in [0.15, 0.2) is 5.65 Å². The van der Waals surface area contributed by atoms with Crippen molar-refractivity contribution in [3.8, 4) is 22.9 Å². The number of pyridine rings is 1. The normalized spacial score (nSPS) is 15.8. The first-order valence-corrected chi connectivity index (χ1v) is 10.2. The molecule has 0 radical (unpaired) electrons.